The zero-order valence-corrected chi connectivity index (χ0v) is 11.0. The van der Waals surface area contributed by atoms with Gasteiger partial charge in [0.25, 0.3) is 0 Å². The van der Waals surface area contributed by atoms with E-state index in [1.807, 2.05) is 13.8 Å². The van der Waals surface area contributed by atoms with Crippen LogP contribution in [0.1, 0.15) is 25.8 Å². The number of benzene rings is 1. The predicted octanol–water partition coefficient (Wildman–Crippen LogP) is 3.11. The molecule has 4 N–H and O–H groups in total. The lowest BCUT2D eigenvalue weighted by Crippen LogP contribution is -2.24. The smallest absolute Gasteiger partial charge is 0.397 e. The number of halogens is 3. The fourth-order valence-corrected chi connectivity index (χ4v) is 1.63. The summed E-state index contributed by atoms with van der Waals surface area (Å²) >= 11 is 0. The van der Waals surface area contributed by atoms with E-state index in [1.165, 1.54) is 6.07 Å². The standard InChI is InChI=1S/C13H19F3N2O/c1-12(2,5-6-19)8-18-11-4-3-9(7-10(11)17)13(14,15)16/h3-4,7,18-19H,5-6,8,17H2,1-2H3. The SMILES string of the molecule is CC(C)(CCO)CNc1ccc(C(F)(F)F)cc1N. The lowest BCUT2D eigenvalue weighted by Gasteiger charge is -2.25. The van der Waals surface area contributed by atoms with Crippen LogP contribution in [0, 0.1) is 5.41 Å². The first-order valence-electron chi connectivity index (χ1n) is 5.97. The number of hydrogen-bond donors (Lipinski definition) is 3. The van der Waals surface area contributed by atoms with Gasteiger partial charge in [-0.3, -0.25) is 0 Å². The van der Waals surface area contributed by atoms with Gasteiger partial charge in [0.1, 0.15) is 0 Å². The number of anilines is 2. The monoisotopic (exact) mass is 276 g/mol. The number of nitrogens with two attached hydrogens (primary N) is 1. The fraction of sp³-hybridized carbons (Fsp3) is 0.538. The van der Waals surface area contributed by atoms with Crippen molar-refractivity contribution >= 4 is 11.4 Å². The molecule has 108 valence electrons. The molecule has 0 unspecified atom stereocenters. The van der Waals surface area contributed by atoms with Crippen LogP contribution in [0.4, 0.5) is 24.5 Å². The molecule has 6 heteroatoms. The van der Waals surface area contributed by atoms with Gasteiger partial charge in [-0.1, -0.05) is 13.8 Å². The van der Waals surface area contributed by atoms with Crippen molar-refractivity contribution in [2.45, 2.75) is 26.4 Å². The Morgan fingerprint density at radius 3 is 2.37 bits per heavy atom. The molecule has 0 aliphatic heterocycles. The van der Waals surface area contributed by atoms with E-state index in [0.29, 0.717) is 18.7 Å². The van der Waals surface area contributed by atoms with Gasteiger partial charge in [-0.25, -0.2) is 0 Å². The summed E-state index contributed by atoms with van der Waals surface area (Å²) in [4.78, 5) is 0. The third-order valence-electron chi connectivity index (χ3n) is 2.92. The van der Waals surface area contributed by atoms with E-state index >= 15 is 0 Å². The average Bonchev–Trinajstić information content (AvgIpc) is 2.26. The first-order valence-corrected chi connectivity index (χ1v) is 5.97. The Morgan fingerprint density at radius 2 is 1.89 bits per heavy atom. The number of aliphatic hydroxyl groups is 1. The van der Waals surface area contributed by atoms with Gasteiger partial charge in [0.2, 0.25) is 0 Å². The molecule has 0 aromatic heterocycles. The molecule has 1 aromatic rings. The minimum Gasteiger partial charge on any atom is -0.397 e. The van der Waals surface area contributed by atoms with Gasteiger partial charge < -0.3 is 16.2 Å². The maximum Gasteiger partial charge on any atom is 0.416 e. The Kier molecular flexibility index (Phi) is 4.68. The van der Waals surface area contributed by atoms with Crippen molar-refractivity contribution in [1.82, 2.24) is 0 Å². The van der Waals surface area contributed by atoms with Crippen LogP contribution in [0.3, 0.4) is 0 Å². The van der Waals surface area contributed by atoms with Gasteiger partial charge in [-0.05, 0) is 30.0 Å². The van der Waals surface area contributed by atoms with E-state index in [0.717, 1.165) is 12.1 Å². The zero-order chi connectivity index (χ0) is 14.7. The van der Waals surface area contributed by atoms with Gasteiger partial charge in [-0.2, -0.15) is 13.2 Å². The molecule has 0 fully saturated rings. The summed E-state index contributed by atoms with van der Waals surface area (Å²) in [6, 6.07) is 3.24. The van der Waals surface area contributed by atoms with E-state index in [9.17, 15) is 13.2 Å². The molecule has 19 heavy (non-hydrogen) atoms. The molecule has 0 heterocycles. The van der Waals surface area contributed by atoms with Gasteiger partial charge in [0, 0.05) is 13.2 Å². The van der Waals surface area contributed by atoms with Crippen LogP contribution >= 0.6 is 0 Å². The van der Waals surface area contributed by atoms with Crippen molar-refractivity contribution in [2.24, 2.45) is 5.41 Å². The van der Waals surface area contributed by atoms with Crippen LogP contribution in [-0.2, 0) is 6.18 Å². The topological polar surface area (TPSA) is 58.3 Å². The van der Waals surface area contributed by atoms with E-state index in [1.54, 1.807) is 0 Å². The molecule has 3 nitrogen and oxygen atoms in total. The summed E-state index contributed by atoms with van der Waals surface area (Å²) in [5, 5.41) is 11.9. The van der Waals surface area contributed by atoms with Gasteiger partial charge in [0.15, 0.2) is 0 Å². The van der Waals surface area contributed by atoms with Crippen molar-refractivity contribution in [3.8, 4) is 0 Å². The molecule has 0 atom stereocenters. The molecule has 0 saturated heterocycles. The molecular formula is C13H19F3N2O. The van der Waals surface area contributed by atoms with Crippen LogP contribution in [0.15, 0.2) is 18.2 Å². The second kappa shape index (κ2) is 5.69. The van der Waals surface area contributed by atoms with Gasteiger partial charge in [-0.15, -0.1) is 0 Å². The Morgan fingerprint density at radius 1 is 1.26 bits per heavy atom. The zero-order valence-electron chi connectivity index (χ0n) is 11.0. The molecule has 1 aromatic carbocycles. The minimum absolute atomic E-state index is 0.0645. The summed E-state index contributed by atoms with van der Waals surface area (Å²) in [6.45, 7) is 4.49. The Balaban J connectivity index is 2.76. The number of aliphatic hydroxyl groups excluding tert-OH is 1. The molecular weight excluding hydrogens is 257 g/mol. The van der Waals surface area contributed by atoms with E-state index < -0.39 is 11.7 Å². The Hall–Kier alpha value is -1.43. The highest BCUT2D eigenvalue weighted by molar-refractivity contribution is 5.67. The molecule has 0 aliphatic carbocycles. The fourth-order valence-electron chi connectivity index (χ4n) is 1.63. The predicted molar refractivity (Wildman–Crippen MR) is 69.8 cm³/mol. The van der Waals surface area contributed by atoms with Gasteiger partial charge in [0.05, 0.1) is 16.9 Å². The molecule has 1 rings (SSSR count). The van der Waals surface area contributed by atoms with Crippen molar-refractivity contribution < 1.29 is 18.3 Å². The maximum absolute atomic E-state index is 12.5. The molecule has 0 bridgehead atoms. The van der Waals surface area contributed by atoms with Crippen LogP contribution in [0.25, 0.3) is 0 Å². The summed E-state index contributed by atoms with van der Waals surface area (Å²) in [6.07, 6.45) is -3.79. The quantitative estimate of drug-likeness (QED) is 0.724. The van der Waals surface area contributed by atoms with Crippen LogP contribution in [0.5, 0.6) is 0 Å². The molecule has 0 saturated carbocycles. The van der Waals surface area contributed by atoms with Crippen molar-refractivity contribution in [1.29, 1.82) is 0 Å². The number of nitrogen functional groups attached to an aromatic ring is 1. The molecule has 0 amide bonds. The first-order chi connectivity index (χ1) is 8.65. The highest BCUT2D eigenvalue weighted by Gasteiger charge is 2.30. The normalized spacial score (nSPS) is 12.5. The number of rotatable bonds is 5. The van der Waals surface area contributed by atoms with Crippen LogP contribution in [0.2, 0.25) is 0 Å². The van der Waals surface area contributed by atoms with Crippen molar-refractivity contribution in [3.63, 3.8) is 0 Å². The Bertz CT molecular complexity index is 430. The highest BCUT2D eigenvalue weighted by atomic mass is 19.4. The third-order valence-corrected chi connectivity index (χ3v) is 2.92. The first kappa shape index (κ1) is 15.6. The van der Waals surface area contributed by atoms with Gasteiger partial charge >= 0.3 is 6.18 Å². The molecule has 0 radical (unpaired) electrons. The lowest BCUT2D eigenvalue weighted by molar-refractivity contribution is -0.137. The molecule has 0 spiro atoms. The summed E-state index contributed by atoms with van der Waals surface area (Å²) in [5.74, 6) is 0. The highest BCUT2D eigenvalue weighted by Crippen LogP contribution is 2.33. The third kappa shape index (κ3) is 4.63. The average molecular weight is 276 g/mol. The van der Waals surface area contributed by atoms with E-state index in [2.05, 4.69) is 5.32 Å². The van der Waals surface area contributed by atoms with Crippen molar-refractivity contribution in [3.05, 3.63) is 23.8 Å². The minimum atomic E-state index is -4.39. The summed E-state index contributed by atoms with van der Waals surface area (Å²) in [7, 11) is 0. The van der Waals surface area contributed by atoms with Crippen LogP contribution in [-0.4, -0.2) is 18.3 Å². The van der Waals surface area contributed by atoms with E-state index in [-0.39, 0.29) is 17.7 Å². The second-order valence-corrected chi connectivity index (χ2v) is 5.29. The largest absolute Gasteiger partial charge is 0.416 e. The maximum atomic E-state index is 12.5. The summed E-state index contributed by atoms with van der Waals surface area (Å²) < 4.78 is 37.4. The Labute approximate surface area is 110 Å². The number of nitrogens with one attached hydrogen (secondary N) is 1. The number of alkyl halides is 3. The van der Waals surface area contributed by atoms with E-state index in [4.69, 9.17) is 10.8 Å². The number of hydrogen-bond acceptors (Lipinski definition) is 3. The van der Waals surface area contributed by atoms with Crippen LogP contribution < -0.4 is 11.1 Å². The lowest BCUT2D eigenvalue weighted by atomic mass is 9.89. The molecule has 0 aliphatic rings. The summed E-state index contributed by atoms with van der Waals surface area (Å²) in [5.41, 5.74) is 5.22. The van der Waals surface area contributed by atoms with Crippen molar-refractivity contribution in [2.75, 3.05) is 24.2 Å². The second-order valence-electron chi connectivity index (χ2n) is 5.29.